The molecule has 0 saturated carbocycles. The van der Waals surface area contributed by atoms with Crippen LogP contribution >= 0.6 is 23.2 Å². The fourth-order valence-corrected chi connectivity index (χ4v) is 10.7. The Balaban J connectivity index is 0.000000149. The van der Waals surface area contributed by atoms with E-state index < -0.39 is 23.4 Å². The molecule has 4 aliphatic heterocycles. The van der Waals surface area contributed by atoms with Crippen LogP contribution in [0, 0.1) is 0 Å². The van der Waals surface area contributed by atoms with Gasteiger partial charge in [0.25, 0.3) is 11.8 Å². The minimum atomic E-state index is -0.941. The van der Waals surface area contributed by atoms with Crippen LogP contribution in [0.2, 0.25) is 10.0 Å². The molecule has 0 bridgehead atoms. The summed E-state index contributed by atoms with van der Waals surface area (Å²) in [6, 6.07) is 22.7. The maximum atomic E-state index is 13.4. The molecule has 2 fully saturated rings. The lowest BCUT2D eigenvalue weighted by Crippen LogP contribution is -2.49. The van der Waals surface area contributed by atoms with Crippen molar-refractivity contribution >= 4 is 57.1 Å². The number of H-pyrrole nitrogens is 2. The number of nitrogens with one attached hydrogen (secondary N) is 2. The highest BCUT2D eigenvalue weighted by atomic mass is 35.5. The second-order valence-corrected chi connectivity index (χ2v) is 18.8. The lowest BCUT2D eigenvalue weighted by Gasteiger charge is -2.39. The monoisotopic (exact) mass is 948 g/mol. The molecule has 0 spiro atoms. The van der Waals surface area contributed by atoms with Crippen molar-refractivity contribution in [2.45, 2.75) is 61.9 Å². The normalized spacial score (nSPS) is 19.1. The van der Waals surface area contributed by atoms with Gasteiger partial charge < -0.3 is 39.5 Å². The van der Waals surface area contributed by atoms with Crippen LogP contribution < -0.4 is 9.47 Å². The molecule has 10 heterocycles. The van der Waals surface area contributed by atoms with Gasteiger partial charge in [0.1, 0.15) is 22.8 Å². The van der Waals surface area contributed by atoms with E-state index in [1.165, 1.54) is 0 Å². The van der Waals surface area contributed by atoms with Crippen molar-refractivity contribution < 1.29 is 29.3 Å². The van der Waals surface area contributed by atoms with Gasteiger partial charge in [0.2, 0.25) is 0 Å². The second kappa shape index (κ2) is 17.7. The Bertz CT molecular complexity index is 2970. The third kappa shape index (κ3) is 8.10. The summed E-state index contributed by atoms with van der Waals surface area (Å²) in [6.45, 7) is 1.87. The number of rotatable bonds is 6. The van der Waals surface area contributed by atoms with Crippen LogP contribution in [0.4, 0.5) is 0 Å². The number of nitrogens with zero attached hydrogens (tertiary/aromatic N) is 6. The molecule has 344 valence electrons. The van der Waals surface area contributed by atoms with Gasteiger partial charge in [-0.2, -0.15) is 0 Å². The molecule has 8 aromatic rings. The molecule has 12 rings (SSSR count). The highest BCUT2D eigenvalue weighted by Gasteiger charge is 2.42. The van der Waals surface area contributed by atoms with Crippen LogP contribution in [0.3, 0.4) is 0 Å². The molecule has 16 heteroatoms. The Morgan fingerprint density at radius 2 is 0.956 bits per heavy atom. The topological polar surface area (TPSA) is 183 Å². The number of halogens is 2. The molecule has 0 aliphatic carbocycles. The first kappa shape index (κ1) is 43.7. The highest BCUT2D eigenvalue weighted by molar-refractivity contribution is 6.31. The van der Waals surface area contributed by atoms with Gasteiger partial charge in [0.05, 0.1) is 11.2 Å². The largest absolute Gasteiger partial charge is 0.479 e. The van der Waals surface area contributed by atoms with Gasteiger partial charge in [0, 0.05) is 132 Å². The summed E-state index contributed by atoms with van der Waals surface area (Å²) in [5.41, 5.74) is 6.84. The lowest BCUT2D eigenvalue weighted by atomic mass is 9.85. The molecule has 14 nitrogen and oxygen atoms in total. The summed E-state index contributed by atoms with van der Waals surface area (Å²) in [5, 5.41) is 25.3. The summed E-state index contributed by atoms with van der Waals surface area (Å²) >= 11 is 12.9. The number of aromatic nitrogens is 6. The molecule has 2 saturated heterocycles. The first-order chi connectivity index (χ1) is 33.0. The summed E-state index contributed by atoms with van der Waals surface area (Å²) in [7, 11) is 0. The number of aromatic amines is 2. The van der Waals surface area contributed by atoms with Crippen LogP contribution in [0.1, 0.15) is 47.9 Å². The minimum absolute atomic E-state index is 0.0587. The lowest BCUT2D eigenvalue weighted by molar-refractivity contribution is -0.143. The van der Waals surface area contributed by atoms with Crippen LogP contribution in [0.5, 0.6) is 11.5 Å². The van der Waals surface area contributed by atoms with Crippen LogP contribution in [-0.2, 0) is 33.6 Å². The molecular formula is C52H46Cl2N8O6. The van der Waals surface area contributed by atoms with Gasteiger partial charge in [-0.3, -0.25) is 19.6 Å². The molecule has 68 heavy (non-hydrogen) atoms. The number of piperidine rings is 2. The molecule has 0 radical (unpaired) electrons. The maximum Gasteiger partial charge on any atom is 0.263 e. The summed E-state index contributed by atoms with van der Waals surface area (Å²) in [5.74, 6) is 1.27. The van der Waals surface area contributed by atoms with E-state index in [1.54, 1.807) is 47.0 Å². The third-order valence-corrected chi connectivity index (χ3v) is 14.3. The Morgan fingerprint density at radius 3 is 1.35 bits per heavy atom. The first-order valence-corrected chi connectivity index (χ1v) is 23.5. The molecule has 2 atom stereocenters. The van der Waals surface area contributed by atoms with Crippen LogP contribution in [0.15, 0.2) is 122 Å². The van der Waals surface area contributed by atoms with Crippen molar-refractivity contribution in [2.75, 3.05) is 26.2 Å². The Kier molecular flexibility index (Phi) is 11.4. The Morgan fingerprint density at radius 1 is 0.559 bits per heavy atom. The fourth-order valence-electron chi connectivity index (χ4n) is 10.2. The Labute approximate surface area is 400 Å². The Hall–Kier alpha value is -6.84. The number of benzene rings is 2. The van der Waals surface area contributed by atoms with Crippen molar-refractivity contribution in [3.8, 4) is 33.8 Å². The molecule has 6 aromatic heterocycles. The second-order valence-electron chi connectivity index (χ2n) is 17.9. The molecule has 0 unspecified atom stereocenters. The van der Waals surface area contributed by atoms with E-state index in [9.17, 15) is 19.8 Å². The average Bonchev–Trinajstić information content (AvgIpc) is 4.21. The molecule has 2 amide bonds. The van der Waals surface area contributed by atoms with E-state index in [0.29, 0.717) is 86.2 Å². The van der Waals surface area contributed by atoms with Crippen molar-refractivity contribution in [3.05, 3.63) is 155 Å². The zero-order chi connectivity index (χ0) is 46.6. The van der Waals surface area contributed by atoms with Gasteiger partial charge in [-0.05, 0) is 121 Å². The predicted octanol–water partition coefficient (Wildman–Crippen LogP) is 8.18. The fraction of sp³-hybridized carbons (Fsp3) is 0.269. The van der Waals surface area contributed by atoms with Crippen molar-refractivity contribution in [3.63, 3.8) is 0 Å². The predicted molar refractivity (Wildman–Crippen MR) is 257 cm³/mol. The number of carbonyl (C=O) groups excluding carboxylic acids is 2. The molecule has 4 N–H and O–H groups in total. The number of hydrogen-bond acceptors (Lipinski definition) is 10. The van der Waals surface area contributed by atoms with Gasteiger partial charge in [-0.25, -0.2) is 9.97 Å². The maximum absolute atomic E-state index is 13.4. The zero-order valence-electron chi connectivity index (χ0n) is 36.7. The van der Waals surface area contributed by atoms with Crippen molar-refractivity contribution in [2.24, 2.45) is 0 Å². The quantitative estimate of drug-likeness (QED) is 0.127. The number of ether oxygens (including phenoxy) is 2. The van der Waals surface area contributed by atoms with Crippen molar-refractivity contribution in [1.82, 2.24) is 39.7 Å². The zero-order valence-corrected chi connectivity index (χ0v) is 38.3. The SMILES string of the molecule is O=C([C@@H]1Cc2cc(Cl)cc(-c3ccnc4[nH]ccc34)c2O1)N1CCC(O)(c2ccncc2)CC1.O=C([C@H]1Cc2cc(Cl)cc(-c3ccnc4[nH]ccc34)c2O1)N1CCC(O)(c2ccncc2)CC1. The number of pyridine rings is 4. The minimum Gasteiger partial charge on any atom is -0.479 e. The smallest absolute Gasteiger partial charge is 0.263 e. The average molecular weight is 950 g/mol. The van der Waals surface area contributed by atoms with E-state index >= 15 is 0 Å². The van der Waals surface area contributed by atoms with Gasteiger partial charge in [-0.15, -0.1) is 0 Å². The van der Waals surface area contributed by atoms with Crippen LogP contribution in [0.25, 0.3) is 44.3 Å². The number of hydrogen-bond donors (Lipinski definition) is 4. The number of fused-ring (bicyclic) bond motifs is 4. The van der Waals surface area contributed by atoms with E-state index in [1.807, 2.05) is 85.2 Å². The van der Waals surface area contributed by atoms with E-state index in [2.05, 4.69) is 29.9 Å². The molecule has 2 aromatic carbocycles. The van der Waals surface area contributed by atoms with Gasteiger partial charge in [-0.1, -0.05) is 23.2 Å². The van der Waals surface area contributed by atoms with Crippen molar-refractivity contribution in [1.29, 1.82) is 0 Å². The van der Waals surface area contributed by atoms with Gasteiger partial charge in [0.15, 0.2) is 12.2 Å². The van der Waals surface area contributed by atoms with Gasteiger partial charge >= 0.3 is 0 Å². The summed E-state index contributed by atoms with van der Waals surface area (Å²) < 4.78 is 12.5. The third-order valence-electron chi connectivity index (χ3n) is 13.9. The standard InChI is InChI=1S/2C26H23ClN4O3/c2*27-18-13-16-14-22(25(32)31-11-5-26(33,6-12-31)17-1-7-28-8-2-17)34-23(16)21(15-18)19-3-9-29-24-20(19)4-10-30-24/h2*1-4,7-10,13,15,22,33H,5-6,11-12,14H2,(H,29,30)/t2*22-/m10/s1. The number of amides is 2. The number of aliphatic hydroxyl groups is 2. The molecule has 4 aliphatic rings. The first-order valence-electron chi connectivity index (χ1n) is 22.7. The van der Waals surface area contributed by atoms with E-state index in [4.69, 9.17) is 32.7 Å². The number of likely N-dealkylation sites (tertiary alicyclic amines) is 2. The van der Waals surface area contributed by atoms with Crippen LogP contribution in [-0.4, -0.2) is 100 Å². The highest BCUT2D eigenvalue weighted by Crippen LogP contribution is 2.45. The number of carbonyl (C=O) groups is 2. The van der Waals surface area contributed by atoms with E-state index in [-0.39, 0.29) is 11.8 Å². The van der Waals surface area contributed by atoms with E-state index in [0.717, 1.165) is 66.6 Å². The summed E-state index contributed by atoms with van der Waals surface area (Å²) in [4.78, 5) is 53.4. The molecular weight excluding hydrogens is 904 g/mol. The summed E-state index contributed by atoms with van der Waals surface area (Å²) in [6.07, 6.45) is 15.5.